The minimum atomic E-state index is 0.264. The molecule has 0 unspecified atom stereocenters. The number of anilines is 3. The van der Waals surface area contributed by atoms with Crippen molar-refractivity contribution >= 4 is 34.9 Å². The van der Waals surface area contributed by atoms with Gasteiger partial charge in [-0.25, -0.2) is 0 Å². The lowest BCUT2D eigenvalue weighted by molar-refractivity contribution is 0.122. The van der Waals surface area contributed by atoms with Gasteiger partial charge in [-0.2, -0.15) is 9.97 Å². The van der Waals surface area contributed by atoms with Crippen LogP contribution in [0.25, 0.3) is 0 Å². The van der Waals surface area contributed by atoms with Crippen molar-refractivity contribution in [3.8, 4) is 11.5 Å². The van der Waals surface area contributed by atoms with E-state index in [9.17, 15) is 0 Å². The topological polar surface area (TPSA) is 84.0 Å². The van der Waals surface area contributed by atoms with Gasteiger partial charge in [-0.15, -0.1) is 0 Å². The molecule has 34 heavy (non-hydrogen) atoms. The molecule has 0 bridgehead atoms. The Kier molecular flexibility index (Phi) is 6.87. The molecule has 0 spiro atoms. The third-order valence-electron chi connectivity index (χ3n) is 6.34. The summed E-state index contributed by atoms with van der Waals surface area (Å²) in [6.45, 7) is 10.5. The van der Waals surface area contributed by atoms with Gasteiger partial charge < -0.3 is 34.6 Å². The van der Waals surface area contributed by atoms with Crippen molar-refractivity contribution in [3.05, 3.63) is 29.8 Å². The van der Waals surface area contributed by atoms with Gasteiger partial charge in [-0.1, -0.05) is 19.9 Å². The third-order valence-corrected chi connectivity index (χ3v) is 6.59. The van der Waals surface area contributed by atoms with Gasteiger partial charge >= 0.3 is 0 Å². The molecule has 2 saturated heterocycles. The lowest BCUT2D eigenvalue weighted by Gasteiger charge is -2.36. The van der Waals surface area contributed by atoms with Gasteiger partial charge in [0.1, 0.15) is 11.6 Å². The van der Waals surface area contributed by atoms with Gasteiger partial charge in [0.05, 0.1) is 13.2 Å². The van der Waals surface area contributed by atoms with Crippen molar-refractivity contribution in [2.45, 2.75) is 26.8 Å². The molecule has 182 valence electrons. The van der Waals surface area contributed by atoms with Crippen LogP contribution in [0.1, 0.15) is 25.8 Å². The number of aromatic nitrogens is 2. The minimum absolute atomic E-state index is 0.264. The predicted molar refractivity (Wildman–Crippen MR) is 136 cm³/mol. The van der Waals surface area contributed by atoms with E-state index in [4.69, 9.17) is 36.4 Å². The number of piperidine rings is 1. The second-order valence-electron chi connectivity index (χ2n) is 9.35. The first kappa shape index (κ1) is 22.9. The summed E-state index contributed by atoms with van der Waals surface area (Å²) in [5.41, 5.74) is 1.05. The average Bonchev–Trinajstić information content (AvgIpc) is 3.30. The number of fused-ring (bicyclic) bond motifs is 1. The highest BCUT2D eigenvalue weighted by atomic mass is 32.1. The molecule has 9 nitrogen and oxygen atoms in total. The first-order valence-corrected chi connectivity index (χ1v) is 12.3. The average molecular weight is 485 g/mol. The molecule has 0 amide bonds. The lowest BCUT2D eigenvalue weighted by atomic mass is 9.92. The highest BCUT2D eigenvalue weighted by Gasteiger charge is 2.25. The van der Waals surface area contributed by atoms with Crippen LogP contribution in [0.15, 0.2) is 24.3 Å². The Hall–Kier alpha value is -2.85. The van der Waals surface area contributed by atoms with Crippen molar-refractivity contribution in [1.82, 2.24) is 15.3 Å². The van der Waals surface area contributed by atoms with Gasteiger partial charge in [0.25, 0.3) is 0 Å². The molecule has 2 N–H and O–H groups in total. The molecule has 1 aromatic heterocycles. The molecule has 2 aromatic rings. The molecule has 1 aromatic carbocycles. The number of hydrogen-bond acceptors (Lipinski definition) is 8. The molecular weight excluding hydrogens is 452 g/mol. The molecule has 3 aliphatic heterocycles. The summed E-state index contributed by atoms with van der Waals surface area (Å²) in [6.07, 6.45) is 1.25. The SMILES string of the molecule is C[C@@H]1C[C@H](C)CN(c2cc(N3CCOCC3)nc(NC(=S)NCc3ccc4c(c3)OCO4)n2)C1. The maximum atomic E-state index is 5.57. The summed E-state index contributed by atoms with van der Waals surface area (Å²) < 4.78 is 16.4. The van der Waals surface area contributed by atoms with Crippen LogP contribution in [0, 0.1) is 11.8 Å². The second-order valence-corrected chi connectivity index (χ2v) is 9.76. The zero-order chi connectivity index (χ0) is 23.5. The van der Waals surface area contributed by atoms with E-state index in [1.54, 1.807) is 0 Å². The third kappa shape index (κ3) is 5.44. The molecule has 10 heteroatoms. The van der Waals surface area contributed by atoms with Gasteiger partial charge in [0.2, 0.25) is 12.7 Å². The Morgan fingerprint density at radius 3 is 2.47 bits per heavy atom. The van der Waals surface area contributed by atoms with Crippen LogP contribution < -0.4 is 29.9 Å². The minimum Gasteiger partial charge on any atom is -0.454 e. The molecule has 0 radical (unpaired) electrons. The van der Waals surface area contributed by atoms with Crippen LogP contribution in [0.5, 0.6) is 11.5 Å². The second kappa shape index (κ2) is 10.2. The van der Waals surface area contributed by atoms with Crippen molar-refractivity contribution in [3.63, 3.8) is 0 Å². The van der Waals surface area contributed by atoms with E-state index in [2.05, 4.69) is 40.3 Å². The highest BCUT2D eigenvalue weighted by Crippen LogP contribution is 2.32. The highest BCUT2D eigenvalue weighted by molar-refractivity contribution is 7.80. The van der Waals surface area contributed by atoms with E-state index < -0.39 is 0 Å². The van der Waals surface area contributed by atoms with Gasteiger partial charge in [-0.3, -0.25) is 0 Å². The number of thiocarbonyl (C=S) groups is 1. The summed E-state index contributed by atoms with van der Waals surface area (Å²) in [7, 11) is 0. The van der Waals surface area contributed by atoms with Crippen LogP contribution in [0.4, 0.5) is 17.6 Å². The molecule has 2 fully saturated rings. The maximum Gasteiger partial charge on any atom is 0.232 e. The number of benzene rings is 1. The van der Waals surface area contributed by atoms with Crippen molar-refractivity contribution in [1.29, 1.82) is 0 Å². The van der Waals surface area contributed by atoms with Crippen LogP contribution in [0.2, 0.25) is 0 Å². The molecule has 0 saturated carbocycles. The Morgan fingerprint density at radius 1 is 1.00 bits per heavy atom. The molecular formula is C24H32N6O3S. The standard InChI is InChI=1S/C24H32N6O3S/c1-16-9-17(2)14-30(13-16)22-11-21(29-5-7-31-8-6-29)26-23(27-22)28-24(34)25-12-18-3-4-19-20(10-18)33-15-32-19/h3-4,10-11,16-17H,5-9,12-15H2,1-2H3,(H2,25,26,27,28,34)/t16-,17+. The lowest BCUT2D eigenvalue weighted by Crippen LogP contribution is -2.40. The van der Waals surface area contributed by atoms with Crippen molar-refractivity contribution in [2.75, 3.05) is 61.3 Å². The molecule has 4 heterocycles. The van der Waals surface area contributed by atoms with Crippen LogP contribution in [-0.2, 0) is 11.3 Å². The zero-order valence-electron chi connectivity index (χ0n) is 19.7. The fraction of sp³-hybridized carbons (Fsp3) is 0.542. The predicted octanol–water partition coefficient (Wildman–Crippen LogP) is 3.01. The Bertz CT molecular complexity index is 1020. The van der Waals surface area contributed by atoms with E-state index in [0.717, 1.165) is 54.9 Å². The normalized spacial score (nSPS) is 21.9. The smallest absolute Gasteiger partial charge is 0.232 e. The van der Waals surface area contributed by atoms with Crippen LogP contribution in [0.3, 0.4) is 0 Å². The first-order valence-electron chi connectivity index (χ1n) is 11.9. The number of morpholine rings is 1. The number of rotatable bonds is 5. The van der Waals surface area contributed by atoms with Crippen LogP contribution >= 0.6 is 12.2 Å². The van der Waals surface area contributed by atoms with E-state index in [-0.39, 0.29) is 6.79 Å². The maximum absolute atomic E-state index is 5.57. The monoisotopic (exact) mass is 484 g/mol. The number of nitrogens with one attached hydrogen (secondary N) is 2. The quantitative estimate of drug-likeness (QED) is 0.618. The van der Waals surface area contributed by atoms with E-state index in [1.165, 1.54) is 6.42 Å². The van der Waals surface area contributed by atoms with Gasteiger partial charge in [-0.05, 0) is 48.2 Å². The molecule has 3 aliphatic rings. The fourth-order valence-electron chi connectivity index (χ4n) is 4.82. The fourth-order valence-corrected chi connectivity index (χ4v) is 4.99. The summed E-state index contributed by atoms with van der Waals surface area (Å²) in [4.78, 5) is 14.3. The molecule has 5 rings (SSSR count). The number of nitrogens with zero attached hydrogens (tertiary/aromatic N) is 4. The van der Waals surface area contributed by atoms with Crippen molar-refractivity contribution < 1.29 is 14.2 Å². The molecule has 2 atom stereocenters. The van der Waals surface area contributed by atoms with E-state index >= 15 is 0 Å². The zero-order valence-corrected chi connectivity index (χ0v) is 20.6. The first-order chi connectivity index (χ1) is 16.5. The molecule has 0 aliphatic carbocycles. The summed E-state index contributed by atoms with van der Waals surface area (Å²) in [6, 6.07) is 7.97. The van der Waals surface area contributed by atoms with Gasteiger partial charge in [0, 0.05) is 38.8 Å². The van der Waals surface area contributed by atoms with Crippen LogP contribution in [-0.4, -0.2) is 61.3 Å². The Balaban J connectivity index is 1.30. The van der Waals surface area contributed by atoms with Gasteiger partial charge in [0.15, 0.2) is 16.6 Å². The van der Waals surface area contributed by atoms with E-state index in [0.29, 0.717) is 42.7 Å². The Labute approximate surface area is 205 Å². The summed E-state index contributed by atoms with van der Waals surface area (Å²) in [5.74, 6) is 5.14. The number of hydrogen-bond donors (Lipinski definition) is 2. The van der Waals surface area contributed by atoms with Crippen molar-refractivity contribution in [2.24, 2.45) is 11.8 Å². The largest absolute Gasteiger partial charge is 0.454 e. The Morgan fingerprint density at radius 2 is 1.71 bits per heavy atom. The summed E-state index contributed by atoms with van der Waals surface area (Å²) >= 11 is 5.57. The summed E-state index contributed by atoms with van der Waals surface area (Å²) in [5, 5.41) is 6.93. The number of ether oxygens (including phenoxy) is 3. The van der Waals surface area contributed by atoms with E-state index in [1.807, 2.05) is 18.2 Å².